The van der Waals surface area contributed by atoms with E-state index in [1.807, 2.05) is 35.2 Å². The van der Waals surface area contributed by atoms with E-state index in [1.165, 1.54) is 24.3 Å². The van der Waals surface area contributed by atoms with Gasteiger partial charge < -0.3 is 15.1 Å². The van der Waals surface area contributed by atoms with E-state index >= 15 is 0 Å². The van der Waals surface area contributed by atoms with Gasteiger partial charge in [-0.2, -0.15) is 0 Å². The highest BCUT2D eigenvalue weighted by atomic mass is 19.1. The SMILES string of the molecule is O=C(C[NH+]1CCN(C(=O)c2cccc3cccnc23)CC1)Nc1ccc(F)cc1. The number of nitrogens with zero attached hydrogens (tertiary/aromatic N) is 2. The Balaban J connectivity index is 1.33. The Morgan fingerprint density at radius 1 is 1.03 bits per heavy atom. The van der Waals surface area contributed by atoms with Crippen LogP contribution in [0.1, 0.15) is 10.4 Å². The summed E-state index contributed by atoms with van der Waals surface area (Å²) in [6.45, 7) is 2.87. The minimum absolute atomic E-state index is 0.0240. The average Bonchev–Trinajstić information content (AvgIpc) is 2.75. The molecule has 0 bridgehead atoms. The molecule has 0 spiro atoms. The third-order valence-corrected chi connectivity index (χ3v) is 5.16. The number of hydrogen-bond donors (Lipinski definition) is 2. The number of pyridine rings is 1. The summed E-state index contributed by atoms with van der Waals surface area (Å²) in [6.07, 6.45) is 1.70. The first-order chi connectivity index (χ1) is 14.1. The van der Waals surface area contributed by atoms with Gasteiger partial charge in [-0.15, -0.1) is 0 Å². The van der Waals surface area contributed by atoms with Crippen LogP contribution in [0.5, 0.6) is 0 Å². The van der Waals surface area contributed by atoms with E-state index in [2.05, 4.69) is 10.3 Å². The molecule has 3 aromatic rings. The number of quaternary nitrogens is 1. The van der Waals surface area contributed by atoms with Crippen molar-refractivity contribution < 1.29 is 18.9 Å². The zero-order valence-corrected chi connectivity index (χ0v) is 15.9. The topological polar surface area (TPSA) is 66.7 Å². The van der Waals surface area contributed by atoms with Gasteiger partial charge in [0.1, 0.15) is 5.82 Å². The van der Waals surface area contributed by atoms with E-state index in [1.54, 1.807) is 6.20 Å². The van der Waals surface area contributed by atoms with Crippen LogP contribution in [0.4, 0.5) is 10.1 Å². The summed E-state index contributed by atoms with van der Waals surface area (Å²) in [4.78, 5) is 32.5. The standard InChI is InChI=1S/C22H21FN4O2/c23-17-6-8-18(9-7-17)25-20(28)15-26-11-13-27(14-12-26)22(29)19-5-1-3-16-4-2-10-24-21(16)19/h1-10H,11-15H2,(H,25,28)/p+1. The van der Waals surface area contributed by atoms with E-state index in [0.29, 0.717) is 49.5 Å². The number of halogens is 1. The molecule has 2 heterocycles. The van der Waals surface area contributed by atoms with Gasteiger partial charge in [0.25, 0.3) is 11.8 Å². The van der Waals surface area contributed by atoms with Crippen LogP contribution in [0.15, 0.2) is 60.8 Å². The summed E-state index contributed by atoms with van der Waals surface area (Å²) in [6, 6.07) is 15.1. The fourth-order valence-corrected chi connectivity index (χ4v) is 3.62. The van der Waals surface area contributed by atoms with E-state index in [0.717, 1.165) is 10.3 Å². The summed E-state index contributed by atoms with van der Waals surface area (Å²) in [5.41, 5.74) is 1.90. The lowest BCUT2D eigenvalue weighted by molar-refractivity contribution is -0.895. The molecule has 0 aliphatic carbocycles. The molecule has 29 heavy (non-hydrogen) atoms. The van der Waals surface area contributed by atoms with Gasteiger partial charge in [0.05, 0.1) is 37.3 Å². The van der Waals surface area contributed by atoms with Crippen molar-refractivity contribution in [3.63, 3.8) is 0 Å². The molecule has 0 saturated carbocycles. The summed E-state index contributed by atoms with van der Waals surface area (Å²) in [5, 5.41) is 3.73. The number of fused-ring (bicyclic) bond motifs is 1. The van der Waals surface area contributed by atoms with Crippen LogP contribution < -0.4 is 10.2 Å². The van der Waals surface area contributed by atoms with Crippen LogP contribution in [-0.2, 0) is 4.79 Å². The fraction of sp³-hybridized carbons (Fsp3) is 0.227. The number of amides is 2. The number of rotatable bonds is 4. The molecule has 7 heteroatoms. The van der Waals surface area contributed by atoms with Crippen LogP contribution >= 0.6 is 0 Å². The Morgan fingerprint density at radius 3 is 2.52 bits per heavy atom. The highest BCUT2D eigenvalue weighted by Crippen LogP contribution is 2.17. The van der Waals surface area contributed by atoms with Gasteiger partial charge in [0, 0.05) is 17.3 Å². The number of nitrogens with one attached hydrogen (secondary N) is 2. The van der Waals surface area contributed by atoms with Crippen LogP contribution in [-0.4, -0.2) is 54.4 Å². The molecule has 1 aliphatic heterocycles. The predicted molar refractivity (Wildman–Crippen MR) is 108 cm³/mol. The maximum absolute atomic E-state index is 13.0. The number of aromatic nitrogens is 1. The molecule has 1 aromatic heterocycles. The Hall–Kier alpha value is -3.32. The zero-order chi connectivity index (χ0) is 20.2. The lowest BCUT2D eigenvalue weighted by Gasteiger charge is -2.32. The summed E-state index contributed by atoms with van der Waals surface area (Å²) >= 11 is 0. The van der Waals surface area contributed by atoms with Gasteiger partial charge in [-0.25, -0.2) is 4.39 Å². The summed E-state index contributed by atoms with van der Waals surface area (Å²) < 4.78 is 13.0. The zero-order valence-electron chi connectivity index (χ0n) is 15.9. The van der Waals surface area contributed by atoms with Crippen LogP contribution in [0.3, 0.4) is 0 Å². The number of carbonyl (C=O) groups excluding carboxylic acids is 2. The first kappa shape index (κ1) is 19.0. The number of para-hydroxylation sites is 1. The van der Waals surface area contributed by atoms with E-state index in [9.17, 15) is 14.0 Å². The number of anilines is 1. The second-order valence-corrected chi connectivity index (χ2v) is 7.15. The fourth-order valence-electron chi connectivity index (χ4n) is 3.62. The molecule has 4 rings (SSSR count). The van der Waals surface area contributed by atoms with Crippen molar-refractivity contribution in [2.45, 2.75) is 0 Å². The maximum atomic E-state index is 13.0. The van der Waals surface area contributed by atoms with E-state index in [-0.39, 0.29) is 17.6 Å². The molecule has 0 atom stereocenters. The lowest BCUT2D eigenvalue weighted by atomic mass is 10.1. The second kappa shape index (κ2) is 8.36. The highest BCUT2D eigenvalue weighted by Gasteiger charge is 2.27. The first-order valence-electron chi connectivity index (χ1n) is 9.62. The normalized spacial score (nSPS) is 14.7. The maximum Gasteiger partial charge on any atom is 0.279 e. The van der Waals surface area contributed by atoms with E-state index in [4.69, 9.17) is 0 Å². The Labute approximate surface area is 167 Å². The monoisotopic (exact) mass is 393 g/mol. The molecule has 2 aromatic carbocycles. The van der Waals surface area contributed by atoms with Crippen LogP contribution in [0.25, 0.3) is 10.9 Å². The lowest BCUT2D eigenvalue weighted by Crippen LogP contribution is -3.15. The van der Waals surface area contributed by atoms with Crippen molar-refractivity contribution in [1.82, 2.24) is 9.88 Å². The number of benzene rings is 2. The molecular formula is C22H22FN4O2+. The van der Waals surface area contributed by atoms with Gasteiger partial charge in [-0.3, -0.25) is 14.6 Å². The Bertz CT molecular complexity index is 1030. The average molecular weight is 393 g/mol. The Morgan fingerprint density at radius 2 is 1.76 bits per heavy atom. The minimum atomic E-state index is -0.337. The molecule has 0 unspecified atom stereocenters. The third kappa shape index (κ3) is 4.41. The van der Waals surface area contributed by atoms with Crippen molar-refractivity contribution in [2.75, 3.05) is 38.0 Å². The van der Waals surface area contributed by atoms with Crippen LogP contribution in [0, 0.1) is 5.82 Å². The van der Waals surface area contributed by atoms with Crippen molar-refractivity contribution in [3.05, 3.63) is 72.2 Å². The Kier molecular flexibility index (Phi) is 5.48. The third-order valence-electron chi connectivity index (χ3n) is 5.16. The largest absolute Gasteiger partial charge is 0.327 e. The molecule has 1 fully saturated rings. The molecule has 148 valence electrons. The van der Waals surface area contributed by atoms with Crippen molar-refractivity contribution in [3.8, 4) is 0 Å². The molecule has 2 amide bonds. The van der Waals surface area contributed by atoms with E-state index < -0.39 is 0 Å². The predicted octanol–water partition coefficient (Wildman–Crippen LogP) is 1.35. The number of hydrogen-bond acceptors (Lipinski definition) is 3. The molecule has 6 nitrogen and oxygen atoms in total. The van der Waals surface area contributed by atoms with Gasteiger partial charge in [-0.1, -0.05) is 18.2 Å². The number of piperazine rings is 1. The highest BCUT2D eigenvalue weighted by molar-refractivity contribution is 6.05. The van der Waals surface area contributed by atoms with Gasteiger partial charge >= 0.3 is 0 Å². The second-order valence-electron chi connectivity index (χ2n) is 7.15. The van der Waals surface area contributed by atoms with Crippen molar-refractivity contribution in [2.24, 2.45) is 0 Å². The van der Waals surface area contributed by atoms with Gasteiger partial charge in [0.2, 0.25) is 0 Å². The first-order valence-corrected chi connectivity index (χ1v) is 9.62. The minimum Gasteiger partial charge on any atom is -0.327 e. The molecule has 1 aliphatic rings. The van der Waals surface area contributed by atoms with Crippen molar-refractivity contribution in [1.29, 1.82) is 0 Å². The van der Waals surface area contributed by atoms with Crippen LogP contribution in [0.2, 0.25) is 0 Å². The molecular weight excluding hydrogens is 371 g/mol. The number of carbonyl (C=O) groups is 2. The molecule has 0 radical (unpaired) electrons. The quantitative estimate of drug-likeness (QED) is 0.703. The molecule has 1 saturated heterocycles. The van der Waals surface area contributed by atoms with Gasteiger partial charge in [-0.05, 0) is 36.4 Å². The summed E-state index contributed by atoms with van der Waals surface area (Å²) in [5.74, 6) is -0.482. The smallest absolute Gasteiger partial charge is 0.279 e. The van der Waals surface area contributed by atoms with Crippen molar-refractivity contribution >= 4 is 28.4 Å². The summed E-state index contributed by atoms with van der Waals surface area (Å²) in [7, 11) is 0. The molecule has 2 N–H and O–H groups in total. The van der Waals surface area contributed by atoms with Gasteiger partial charge in [0.15, 0.2) is 6.54 Å².